The maximum atomic E-state index is 13.6. The first-order chi connectivity index (χ1) is 13.3. The highest BCUT2D eigenvalue weighted by Gasteiger charge is 2.18. The summed E-state index contributed by atoms with van der Waals surface area (Å²) in [4.78, 5) is 18.1. The molecule has 5 rings (SSSR count). The van der Waals surface area contributed by atoms with E-state index < -0.39 is 0 Å². The maximum absolute atomic E-state index is 13.6. The summed E-state index contributed by atoms with van der Waals surface area (Å²) in [6.45, 7) is 0. The molecule has 0 spiro atoms. The number of benzene rings is 2. The van der Waals surface area contributed by atoms with Gasteiger partial charge in [0, 0.05) is 29.5 Å². The Kier molecular flexibility index (Phi) is 3.44. The van der Waals surface area contributed by atoms with Crippen LogP contribution in [0.1, 0.15) is 0 Å². The van der Waals surface area contributed by atoms with E-state index in [1.165, 1.54) is 0 Å². The van der Waals surface area contributed by atoms with Crippen molar-refractivity contribution < 1.29 is 0 Å². The lowest BCUT2D eigenvalue weighted by atomic mass is 10.1. The first-order valence-corrected chi connectivity index (χ1v) is 8.86. The lowest BCUT2D eigenvalue weighted by molar-refractivity contribution is 0.932. The first-order valence-electron chi connectivity index (χ1n) is 8.86. The van der Waals surface area contributed by atoms with Crippen LogP contribution in [-0.4, -0.2) is 14.1 Å². The summed E-state index contributed by atoms with van der Waals surface area (Å²) < 4.78 is 3.68. The van der Waals surface area contributed by atoms with Gasteiger partial charge in [-0.05, 0) is 29.8 Å². The van der Waals surface area contributed by atoms with Gasteiger partial charge in [-0.2, -0.15) is 0 Å². The van der Waals surface area contributed by atoms with Gasteiger partial charge in [-0.25, -0.2) is 4.98 Å². The summed E-state index contributed by atoms with van der Waals surface area (Å²) in [6.07, 6.45) is 1.71. The molecule has 0 aliphatic carbocycles. The van der Waals surface area contributed by atoms with Crippen LogP contribution in [0.25, 0.3) is 38.9 Å². The van der Waals surface area contributed by atoms with Crippen LogP contribution in [0.3, 0.4) is 0 Å². The summed E-state index contributed by atoms with van der Waals surface area (Å²) >= 11 is 0. The van der Waals surface area contributed by atoms with Gasteiger partial charge in [-0.15, -0.1) is 0 Å². The number of nitrogens with zero attached hydrogens (tertiary/aromatic N) is 3. The molecule has 4 heteroatoms. The van der Waals surface area contributed by atoms with Crippen molar-refractivity contribution in [2.75, 3.05) is 0 Å². The number of hydrogen-bond donors (Lipinski definition) is 0. The van der Waals surface area contributed by atoms with Crippen LogP contribution in [-0.2, 0) is 7.05 Å². The Morgan fingerprint density at radius 2 is 1.56 bits per heavy atom. The van der Waals surface area contributed by atoms with E-state index in [9.17, 15) is 4.79 Å². The molecule has 0 fully saturated rings. The molecule has 0 saturated carbocycles. The molecule has 2 aromatic carbocycles. The molecule has 27 heavy (non-hydrogen) atoms. The normalized spacial score (nSPS) is 11.3. The number of fused-ring (bicyclic) bond motifs is 3. The van der Waals surface area contributed by atoms with Gasteiger partial charge in [0.15, 0.2) is 0 Å². The molecule has 0 atom stereocenters. The van der Waals surface area contributed by atoms with Gasteiger partial charge in [-0.1, -0.05) is 54.6 Å². The Hall–Kier alpha value is -3.66. The van der Waals surface area contributed by atoms with Gasteiger partial charge in [-0.3, -0.25) is 9.36 Å². The van der Waals surface area contributed by atoms with E-state index in [4.69, 9.17) is 0 Å². The molecule has 0 amide bonds. The second kappa shape index (κ2) is 5.95. The monoisotopic (exact) mass is 351 g/mol. The number of aryl methyl sites for hydroxylation is 1. The predicted octanol–water partition coefficient (Wildman–Crippen LogP) is 4.54. The number of aromatic nitrogens is 3. The maximum Gasteiger partial charge on any atom is 0.281 e. The Morgan fingerprint density at radius 1 is 0.815 bits per heavy atom. The topological polar surface area (TPSA) is 39.8 Å². The highest BCUT2D eigenvalue weighted by molar-refractivity contribution is 6.08. The van der Waals surface area contributed by atoms with Gasteiger partial charge in [0.1, 0.15) is 11.3 Å². The van der Waals surface area contributed by atoms with E-state index >= 15 is 0 Å². The van der Waals surface area contributed by atoms with E-state index in [1.54, 1.807) is 10.8 Å². The van der Waals surface area contributed by atoms with Crippen LogP contribution >= 0.6 is 0 Å². The third kappa shape index (κ3) is 2.30. The third-order valence-corrected chi connectivity index (χ3v) is 5.02. The second-order valence-corrected chi connectivity index (χ2v) is 6.56. The highest BCUT2D eigenvalue weighted by atomic mass is 16.1. The molecule has 0 aliphatic heterocycles. The van der Waals surface area contributed by atoms with Crippen LogP contribution in [0.15, 0.2) is 89.9 Å². The Balaban J connectivity index is 2.00. The lowest BCUT2D eigenvalue weighted by Gasteiger charge is -2.13. The molecule has 0 radical (unpaired) electrons. The summed E-state index contributed by atoms with van der Waals surface area (Å²) in [5.41, 5.74) is 3.48. The molecular formula is C23H17N3O. The smallest absolute Gasteiger partial charge is 0.281 e. The van der Waals surface area contributed by atoms with Crippen molar-refractivity contribution in [3.05, 3.63) is 95.4 Å². The number of pyridine rings is 2. The summed E-state index contributed by atoms with van der Waals surface area (Å²) in [5.74, 6) is 0.619. The number of para-hydroxylation sites is 1. The van der Waals surface area contributed by atoms with Gasteiger partial charge >= 0.3 is 0 Å². The van der Waals surface area contributed by atoms with E-state index in [0.717, 1.165) is 27.5 Å². The fourth-order valence-corrected chi connectivity index (χ4v) is 3.78. The minimum Gasteiger partial charge on any atom is -0.339 e. The Bertz CT molecular complexity index is 1330. The second-order valence-electron chi connectivity index (χ2n) is 6.56. The van der Waals surface area contributed by atoms with Crippen LogP contribution in [0.4, 0.5) is 0 Å². The fraction of sp³-hybridized carbons (Fsp3) is 0.0435. The van der Waals surface area contributed by atoms with Gasteiger partial charge < -0.3 is 4.57 Å². The minimum atomic E-state index is -0.0660. The first kappa shape index (κ1) is 15.6. The SMILES string of the molecule is Cn1c2ccccc2c2cc(-c3ccccc3)n(-c3ccccn3)c(=O)c21. The molecule has 3 aromatic heterocycles. The molecular weight excluding hydrogens is 334 g/mol. The van der Waals surface area contributed by atoms with Crippen molar-refractivity contribution in [3.8, 4) is 17.1 Å². The van der Waals surface area contributed by atoms with Crippen LogP contribution in [0.5, 0.6) is 0 Å². The molecule has 0 N–H and O–H groups in total. The molecule has 0 saturated heterocycles. The summed E-state index contributed by atoms with van der Waals surface area (Å²) in [7, 11) is 1.94. The average molecular weight is 351 g/mol. The molecule has 5 aromatic rings. The lowest BCUT2D eigenvalue weighted by Crippen LogP contribution is -2.22. The predicted molar refractivity (Wildman–Crippen MR) is 109 cm³/mol. The molecule has 3 heterocycles. The van der Waals surface area contributed by atoms with Crippen LogP contribution < -0.4 is 5.56 Å². The van der Waals surface area contributed by atoms with Gasteiger partial charge in [0.2, 0.25) is 0 Å². The van der Waals surface area contributed by atoms with Crippen molar-refractivity contribution in [1.82, 2.24) is 14.1 Å². The van der Waals surface area contributed by atoms with Crippen LogP contribution in [0, 0.1) is 0 Å². The van der Waals surface area contributed by atoms with Crippen molar-refractivity contribution >= 4 is 21.8 Å². The van der Waals surface area contributed by atoms with Crippen molar-refractivity contribution in [2.24, 2.45) is 7.05 Å². The van der Waals surface area contributed by atoms with Crippen molar-refractivity contribution in [2.45, 2.75) is 0 Å². The quantitative estimate of drug-likeness (QED) is 0.468. The van der Waals surface area contributed by atoms with Gasteiger partial charge in [0.25, 0.3) is 5.56 Å². The molecule has 0 aliphatic rings. The molecule has 130 valence electrons. The molecule has 0 bridgehead atoms. The third-order valence-electron chi connectivity index (χ3n) is 5.02. The highest BCUT2D eigenvalue weighted by Crippen LogP contribution is 2.30. The van der Waals surface area contributed by atoms with Crippen LogP contribution in [0.2, 0.25) is 0 Å². The van der Waals surface area contributed by atoms with Crippen molar-refractivity contribution in [3.63, 3.8) is 0 Å². The van der Waals surface area contributed by atoms with Gasteiger partial charge in [0.05, 0.1) is 5.69 Å². The fourth-order valence-electron chi connectivity index (χ4n) is 3.78. The van der Waals surface area contributed by atoms with Crippen molar-refractivity contribution in [1.29, 1.82) is 0 Å². The number of rotatable bonds is 2. The number of hydrogen-bond acceptors (Lipinski definition) is 2. The summed E-state index contributed by atoms with van der Waals surface area (Å²) in [5, 5.41) is 2.04. The average Bonchev–Trinajstić information content (AvgIpc) is 3.02. The standard InChI is InChI=1S/C23H17N3O/c1-25-19-12-6-5-11-17(19)18-15-20(16-9-3-2-4-10-16)26(23(27)22(18)25)21-13-7-8-14-24-21/h2-15H,1H3. The zero-order valence-electron chi connectivity index (χ0n) is 14.8. The Labute approximate surface area is 156 Å². The summed E-state index contributed by atoms with van der Waals surface area (Å²) in [6, 6.07) is 25.8. The minimum absolute atomic E-state index is 0.0660. The molecule has 0 unspecified atom stereocenters. The zero-order chi connectivity index (χ0) is 18.4. The van der Waals surface area contributed by atoms with E-state index in [1.807, 2.05) is 78.3 Å². The van der Waals surface area contributed by atoms with E-state index in [0.29, 0.717) is 11.3 Å². The largest absolute Gasteiger partial charge is 0.339 e. The zero-order valence-corrected chi connectivity index (χ0v) is 14.8. The Morgan fingerprint density at radius 3 is 2.33 bits per heavy atom. The van der Waals surface area contributed by atoms with E-state index in [-0.39, 0.29) is 5.56 Å². The molecule has 4 nitrogen and oxygen atoms in total. The van der Waals surface area contributed by atoms with E-state index in [2.05, 4.69) is 17.1 Å².